The Balaban J connectivity index is 2.40. The summed E-state index contributed by atoms with van der Waals surface area (Å²) in [6, 6.07) is 3.35. The van der Waals surface area contributed by atoms with E-state index in [2.05, 4.69) is 5.32 Å². The molecule has 0 radical (unpaired) electrons. The van der Waals surface area contributed by atoms with Gasteiger partial charge in [0.1, 0.15) is 0 Å². The standard InChI is InChI=1S/C15H20N2O3S3/c1-15(2,3)17(8-11-5-6-21-9-11)23(19,20)12-7-13(22-10-12)14(18)16-4/h5-7,9-10H,8H2,1-4H3,(H,16,18). The van der Waals surface area contributed by atoms with Crippen LogP contribution in [-0.2, 0) is 16.6 Å². The summed E-state index contributed by atoms with van der Waals surface area (Å²) in [5.74, 6) is -0.281. The molecule has 2 aromatic rings. The topological polar surface area (TPSA) is 66.5 Å². The average molecular weight is 373 g/mol. The fourth-order valence-corrected chi connectivity index (χ4v) is 5.70. The summed E-state index contributed by atoms with van der Waals surface area (Å²) in [5.41, 5.74) is 0.380. The molecule has 0 unspecified atom stereocenters. The maximum absolute atomic E-state index is 13.0. The molecular weight excluding hydrogens is 352 g/mol. The summed E-state index contributed by atoms with van der Waals surface area (Å²) < 4.78 is 27.5. The lowest BCUT2D eigenvalue weighted by Gasteiger charge is -2.34. The van der Waals surface area contributed by atoms with E-state index >= 15 is 0 Å². The minimum absolute atomic E-state index is 0.159. The van der Waals surface area contributed by atoms with Crippen molar-refractivity contribution >= 4 is 38.6 Å². The van der Waals surface area contributed by atoms with Crippen molar-refractivity contribution in [2.45, 2.75) is 37.8 Å². The van der Waals surface area contributed by atoms with Crippen molar-refractivity contribution in [3.8, 4) is 0 Å². The molecule has 0 aliphatic rings. The molecule has 0 fully saturated rings. The first kappa shape index (κ1) is 18.1. The van der Waals surface area contributed by atoms with E-state index in [0.717, 1.165) is 16.9 Å². The lowest BCUT2D eigenvalue weighted by atomic mass is 10.1. The van der Waals surface area contributed by atoms with Crippen molar-refractivity contribution in [3.05, 3.63) is 38.7 Å². The Labute approximate surface area is 145 Å². The Morgan fingerprint density at radius 2 is 2.00 bits per heavy atom. The highest BCUT2D eigenvalue weighted by Crippen LogP contribution is 2.30. The minimum Gasteiger partial charge on any atom is -0.354 e. The van der Waals surface area contributed by atoms with Crippen LogP contribution in [-0.4, -0.2) is 31.2 Å². The van der Waals surface area contributed by atoms with Gasteiger partial charge in [-0.15, -0.1) is 11.3 Å². The van der Waals surface area contributed by atoms with Crippen LogP contribution in [0.2, 0.25) is 0 Å². The van der Waals surface area contributed by atoms with Crippen molar-refractivity contribution < 1.29 is 13.2 Å². The fourth-order valence-electron chi connectivity index (χ4n) is 2.05. The highest BCUT2D eigenvalue weighted by molar-refractivity contribution is 7.89. The Morgan fingerprint density at radius 3 is 2.52 bits per heavy atom. The van der Waals surface area contributed by atoms with Gasteiger partial charge >= 0.3 is 0 Å². The lowest BCUT2D eigenvalue weighted by molar-refractivity contribution is 0.0967. The lowest BCUT2D eigenvalue weighted by Crippen LogP contribution is -2.44. The Kier molecular flexibility index (Phi) is 5.30. The van der Waals surface area contributed by atoms with E-state index < -0.39 is 15.6 Å². The molecular formula is C15H20N2O3S3. The summed E-state index contributed by atoms with van der Waals surface area (Å²) in [6.45, 7) is 5.90. The predicted octanol–water partition coefficient (Wildman–Crippen LogP) is 3.16. The zero-order valence-electron chi connectivity index (χ0n) is 13.5. The Morgan fingerprint density at radius 1 is 1.30 bits per heavy atom. The highest BCUT2D eigenvalue weighted by Gasteiger charge is 2.35. The smallest absolute Gasteiger partial charge is 0.261 e. The molecule has 1 N–H and O–H groups in total. The van der Waals surface area contributed by atoms with Crippen LogP contribution in [0.3, 0.4) is 0 Å². The number of amides is 1. The maximum Gasteiger partial charge on any atom is 0.261 e. The van der Waals surface area contributed by atoms with E-state index in [9.17, 15) is 13.2 Å². The fraction of sp³-hybridized carbons (Fsp3) is 0.400. The van der Waals surface area contributed by atoms with Crippen molar-refractivity contribution in [1.29, 1.82) is 0 Å². The largest absolute Gasteiger partial charge is 0.354 e. The van der Waals surface area contributed by atoms with Gasteiger partial charge in [0.15, 0.2) is 0 Å². The summed E-state index contributed by atoms with van der Waals surface area (Å²) in [4.78, 5) is 12.2. The van der Waals surface area contributed by atoms with Gasteiger partial charge in [-0.25, -0.2) is 8.42 Å². The number of hydrogen-bond acceptors (Lipinski definition) is 5. The third kappa shape index (κ3) is 4.00. The van der Waals surface area contributed by atoms with Gasteiger partial charge in [-0.2, -0.15) is 15.6 Å². The number of rotatable bonds is 5. The zero-order chi connectivity index (χ0) is 17.3. The van der Waals surface area contributed by atoms with Crippen LogP contribution in [0.15, 0.2) is 33.2 Å². The molecule has 0 aliphatic carbocycles. The second kappa shape index (κ2) is 6.72. The van der Waals surface area contributed by atoms with Gasteiger partial charge in [0, 0.05) is 24.5 Å². The third-order valence-electron chi connectivity index (χ3n) is 3.27. The van der Waals surface area contributed by atoms with E-state index in [1.165, 1.54) is 34.1 Å². The second-order valence-corrected chi connectivity index (χ2v) is 9.59. The number of thiophene rings is 2. The van der Waals surface area contributed by atoms with E-state index in [1.807, 2.05) is 37.6 Å². The molecule has 2 heterocycles. The molecule has 0 bridgehead atoms. The van der Waals surface area contributed by atoms with E-state index in [4.69, 9.17) is 0 Å². The minimum atomic E-state index is -3.69. The quantitative estimate of drug-likeness (QED) is 0.877. The van der Waals surface area contributed by atoms with Crippen LogP contribution >= 0.6 is 22.7 Å². The summed E-state index contributed by atoms with van der Waals surface area (Å²) in [6.07, 6.45) is 0. The molecule has 126 valence electrons. The van der Waals surface area contributed by atoms with Crippen LogP contribution in [0, 0.1) is 0 Å². The number of nitrogens with one attached hydrogen (secondary N) is 1. The van der Waals surface area contributed by atoms with Gasteiger partial charge in [-0.05, 0) is 49.2 Å². The van der Waals surface area contributed by atoms with Crippen molar-refractivity contribution in [3.63, 3.8) is 0 Å². The molecule has 8 heteroatoms. The Bertz CT molecular complexity index is 771. The molecule has 5 nitrogen and oxygen atoms in total. The first-order valence-electron chi connectivity index (χ1n) is 7.01. The summed E-state index contributed by atoms with van der Waals surface area (Å²) >= 11 is 2.67. The van der Waals surface area contributed by atoms with E-state index in [-0.39, 0.29) is 10.8 Å². The van der Waals surface area contributed by atoms with Crippen LogP contribution in [0.4, 0.5) is 0 Å². The average Bonchev–Trinajstić information content (AvgIpc) is 3.13. The van der Waals surface area contributed by atoms with Gasteiger partial charge in [-0.1, -0.05) is 0 Å². The molecule has 0 spiro atoms. The second-order valence-electron chi connectivity index (χ2n) is 6.04. The molecule has 0 aromatic carbocycles. The van der Waals surface area contributed by atoms with Gasteiger partial charge in [0.05, 0.1) is 9.77 Å². The number of nitrogens with zero attached hydrogens (tertiary/aromatic N) is 1. The third-order valence-corrected chi connectivity index (χ3v) is 7.17. The number of carbonyl (C=O) groups excluding carboxylic acids is 1. The first-order valence-corrected chi connectivity index (χ1v) is 10.3. The molecule has 1 amide bonds. The highest BCUT2D eigenvalue weighted by atomic mass is 32.2. The molecule has 0 aliphatic heterocycles. The Hall–Kier alpha value is -1.22. The van der Waals surface area contributed by atoms with Gasteiger partial charge in [-0.3, -0.25) is 4.79 Å². The zero-order valence-corrected chi connectivity index (χ0v) is 15.9. The van der Waals surface area contributed by atoms with Gasteiger partial charge in [0.2, 0.25) is 10.0 Å². The van der Waals surface area contributed by atoms with Crippen LogP contribution in [0.1, 0.15) is 36.0 Å². The molecule has 0 saturated carbocycles. The maximum atomic E-state index is 13.0. The summed E-state index contributed by atoms with van der Waals surface area (Å²) in [7, 11) is -2.17. The SMILES string of the molecule is CNC(=O)c1cc(S(=O)(=O)N(Cc2ccsc2)C(C)(C)C)cs1. The van der Waals surface area contributed by atoms with Gasteiger partial charge < -0.3 is 5.32 Å². The van der Waals surface area contributed by atoms with E-state index in [1.54, 1.807) is 0 Å². The van der Waals surface area contributed by atoms with Crippen molar-refractivity contribution in [1.82, 2.24) is 9.62 Å². The van der Waals surface area contributed by atoms with Gasteiger partial charge in [0.25, 0.3) is 5.91 Å². The predicted molar refractivity (Wildman–Crippen MR) is 94.5 cm³/mol. The number of sulfonamides is 1. The van der Waals surface area contributed by atoms with Crippen molar-refractivity contribution in [2.24, 2.45) is 0 Å². The van der Waals surface area contributed by atoms with Crippen LogP contribution < -0.4 is 5.32 Å². The molecule has 2 aromatic heterocycles. The molecule has 0 atom stereocenters. The molecule has 0 saturated heterocycles. The molecule has 23 heavy (non-hydrogen) atoms. The normalized spacial score (nSPS) is 12.6. The first-order chi connectivity index (χ1) is 10.7. The number of hydrogen-bond donors (Lipinski definition) is 1. The molecule has 2 rings (SSSR count). The van der Waals surface area contributed by atoms with Crippen LogP contribution in [0.5, 0.6) is 0 Å². The van der Waals surface area contributed by atoms with Crippen LogP contribution in [0.25, 0.3) is 0 Å². The summed E-state index contributed by atoms with van der Waals surface area (Å²) in [5, 5.41) is 7.90. The monoisotopic (exact) mass is 372 g/mol. The number of carbonyl (C=O) groups is 1. The van der Waals surface area contributed by atoms with Crippen molar-refractivity contribution in [2.75, 3.05) is 7.05 Å². The van der Waals surface area contributed by atoms with E-state index in [0.29, 0.717) is 11.4 Å².